The Kier molecular flexibility index (Phi) is 71.9. The second kappa shape index (κ2) is 70.1. The number of methoxy groups -OCH3 is 5. The van der Waals surface area contributed by atoms with Crippen molar-refractivity contribution < 1.29 is 106 Å². The molecule has 0 heterocycles. The minimum absolute atomic E-state index is 0. The SMILES string of the molecule is C.C.C.C.C=CCc1ccc(OCCOC(CC)CC(C)OCCOCCOCCOCCOC)c(OC)c1.C=CCc1ccc(OCCOC(CC)CC(CC(C)OCCOc2ccc(CCC[Si](C)(C)O[Si](C)(C)O[Si](C)(C)C)cc2OC)OCCOCCOCCOCCOC)c(OC)c1.C[SiH](C)O[Si](C)(C)O[Si](C)(C)C. The fourth-order valence-electron chi connectivity index (χ4n) is 11.9. The van der Waals surface area contributed by atoms with Crippen LogP contribution in [0.15, 0.2) is 79.9 Å². The van der Waals surface area contributed by atoms with Gasteiger partial charge in [0.1, 0.15) is 19.8 Å². The number of aryl methyl sites for hydroxylation is 1. The van der Waals surface area contributed by atoms with Crippen molar-refractivity contribution in [3.63, 3.8) is 0 Å². The predicted molar refractivity (Wildman–Crippen MR) is 489 cm³/mol. The van der Waals surface area contributed by atoms with Crippen molar-refractivity contribution >= 4 is 51.1 Å². The van der Waals surface area contributed by atoms with Crippen LogP contribution in [0.1, 0.15) is 113 Å². The molecular formula is C86H170O23Si6. The number of hydrogen-bond acceptors (Lipinski definition) is 23. The molecule has 5 atom stereocenters. The van der Waals surface area contributed by atoms with Crippen LogP contribution < -0.4 is 28.4 Å². The van der Waals surface area contributed by atoms with Gasteiger partial charge >= 0.3 is 17.1 Å². The van der Waals surface area contributed by atoms with E-state index in [0.29, 0.717) is 175 Å². The largest absolute Gasteiger partial charge is 0.493 e. The molecule has 0 aliphatic carbocycles. The van der Waals surface area contributed by atoms with Gasteiger partial charge in [-0.2, -0.15) is 0 Å². The number of rotatable bonds is 68. The van der Waals surface area contributed by atoms with Gasteiger partial charge in [-0.1, -0.05) is 73.9 Å². The van der Waals surface area contributed by atoms with Gasteiger partial charge in [-0.3, -0.25) is 0 Å². The van der Waals surface area contributed by atoms with Crippen LogP contribution in [-0.4, -0.2) is 263 Å². The molecule has 676 valence electrons. The molecule has 0 amide bonds. The molecule has 0 saturated carbocycles. The molecular weight excluding hydrogens is 1570 g/mol. The van der Waals surface area contributed by atoms with Gasteiger partial charge in [-0.05, 0) is 222 Å². The van der Waals surface area contributed by atoms with Crippen molar-refractivity contribution in [1.29, 1.82) is 0 Å². The molecule has 0 spiro atoms. The summed E-state index contributed by atoms with van der Waals surface area (Å²) in [5, 5.41) is 0. The first-order chi connectivity index (χ1) is 52.8. The first-order valence-corrected chi connectivity index (χ1v) is 58.6. The highest BCUT2D eigenvalue weighted by Crippen LogP contribution is 2.33. The first-order valence-electron chi connectivity index (χ1n) is 40.2. The summed E-state index contributed by atoms with van der Waals surface area (Å²) in [7, 11) is -1.52. The third-order valence-electron chi connectivity index (χ3n) is 16.2. The molecule has 3 aromatic carbocycles. The lowest BCUT2D eigenvalue weighted by atomic mass is 10.0. The van der Waals surface area contributed by atoms with Gasteiger partial charge in [0.05, 0.1) is 177 Å². The fraction of sp³-hybridized carbons (Fsp3) is 0.744. The van der Waals surface area contributed by atoms with Crippen molar-refractivity contribution in [3.8, 4) is 34.5 Å². The average Bonchev–Trinajstić information content (AvgIpc) is 0.855. The number of allylic oxidation sites excluding steroid dienone is 2. The molecule has 0 N–H and O–H groups in total. The summed E-state index contributed by atoms with van der Waals surface area (Å²) < 4.78 is 134. The Hall–Kier alpha value is -3.44. The number of benzene rings is 3. The molecule has 0 aliphatic rings. The van der Waals surface area contributed by atoms with E-state index in [9.17, 15) is 0 Å². The predicted octanol–water partition coefficient (Wildman–Crippen LogP) is 18.8. The smallest absolute Gasteiger partial charge is 0.311 e. The van der Waals surface area contributed by atoms with Gasteiger partial charge in [0, 0.05) is 14.2 Å². The van der Waals surface area contributed by atoms with Crippen LogP contribution >= 0.6 is 0 Å². The standard InChI is InChI=1S/C48H86O13Si3.C27H46O8.C7H22O2Si3.4CH4/c1-14-17-41-19-21-45(47(37-41)50-5)59-34-32-56-43(15-2)39-44(57-30-29-54-28-27-53-26-25-52-24-23-49-4)36-40(3)55-31-33-58-46-22-20-42(38-48(46)51-6)18-16-35-63(10,11)61-64(12,13)60-62(7,8)9;1-6-8-24-9-10-26(27(22-24)29-5)35-20-19-34-25(7-2)21-23(3)33-18-17-32-16-15-31-14-13-30-12-11-28-4;1-10(2)8-12(6,7)9-11(3,4)5;;;;/h14,19-22,37-38,40,43-44H,1,15-18,23-36,39H2,2-13H3;6,9-10,22-23,25H,1,7-8,11-21H2,2-5H3;10H,1-7H3;4*1H4. The zero-order chi connectivity index (χ0) is 82.8. The Morgan fingerprint density at radius 2 is 0.678 bits per heavy atom. The molecule has 29 heteroatoms. The molecule has 0 saturated heterocycles. The maximum absolute atomic E-state index is 6.71. The second-order valence-electron chi connectivity index (χ2n) is 30.6. The maximum atomic E-state index is 6.71. The van der Waals surface area contributed by atoms with Crippen LogP contribution in [0, 0.1) is 0 Å². The summed E-state index contributed by atoms with van der Waals surface area (Å²) >= 11 is 0. The molecule has 3 aromatic rings. The van der Waals surface area contributed by atoms with Crippen molar-refractivity contribution in [3.05, 3.63) is 96.6 Å². The van der Waals surface area contributed by atoms with Crippen LogP contribution in [0.5, 0.6) is 34.5 Å². The lowest BCUT2D eigenvalue weighted by molar-refractivity contribution is -0.0665. The molecule has 0 aliphatic heterocycles. The molecule has 0 radical (unpaired) electrons. The van der Waals surface area contributed by atoms with Gasteiger partial charge in [0.15, 0.2) is 68.5 Å². The molecule has 0 fully saturated rings. The van der Waals surface area contributed by atoms with Crippen LogP contribution in [0.25, 0.3) is 0 Å². The molecule has 0 aromatic heterocycles. The Morgan fingerprint density at radius 1 is 0.365 bits per heavy atom. The molecule has 23 nitrogen and oxygen atoms in total. The van der Waals surface area contributed by atoms with Crippen LogP contribution in [0.4, 0.5) is 0 Å². The summed E-state index contributed by atoms with van der Waals surface area (Å²) in [6.07, 6.45) is 11.2. The van der Waals surface area contributed by atoms with Crippen LogP contribution in [0.2, 0.25) is 97.7 Å². The van der Waals surface area contributed by atoms with E-state index in [1.165, 1.54) is 5.56 Å². The quantitative estimate of drug-likeness (QED) is 0.0292. The summed E-state index contributed by atoms with van der Waals surface area (Å²) in [5.41, 5.74) is 3.47. The van der Waals surface area contributed by atoms with Gasteiger partial charge in [-0.15, -0.1) is 13.2 Å². The van der Waals surface area contributed by atoms with Gasteiger partial charge in [0.25, 0.3) is 0 Å². The van der Waals surface area contributed by atoms with Crippen LogP contribution in [-0.2, 0) is 97.3 Å². The second-order valence-corrected chi connectivity index (χ2v) is 54.2. The third kappa shape index (κ3) is 64.1. The maximum Gasteiger partial charge on any atom is 0.311 e. The molecule has 115 heavy (non-hydrogen) atoms. The Labute approximate surface area is 708 Å². The highest BCUT2D eigenvalue weighted by molar-refractivity contribution is 6.87. The van der Waals surface area contributed by atoms with Crippen molar-refractivity contribution in [1.82, 2.24) is 0 Å². The van der Waals surface area contributed by atoms with E-state index < -0.39 is 51.1 Å². The van der Waals surface area contributed by atoms with E-state index in [1.54, 1.807) is 35.5 Å². The van der Waals surface area contributed by atoms with E-state index in [2.05, 4.69) is 145 Å². The van der Waals surface area contributed by atoms with Crippen LogP contribution in [0.3, 0.4) is 0 Å². The summed E-state index contributed by atoms with van der Waals surface area (Å²) in [4.78, 5) is 0. The molecule has 5 unspecified atom stereocenters. The van der Waals surface area contributed by atoms with E-state index in [1.807, 2.05) is 54.6 Å². The Balaban J connectivity index is -0.00000101. The summed E-state index contributed by atoms with van der Waals surface area (Å²) in [6.45, 7) is 58.1. The summed E-state index contributed by atoms with van der Waals surface area (Å²) in [6, 6.07) is 19.1. The fourth-order valence-corrected chi connectivity index (χ4v) is 36.2. The average molecular weight is 1740 g/mol. The highest BCUT2D eigenvalue weighted by atomic mass is 28.5. The monoisotopic (exact) mass is 1740 g/mol. The van der Waals surface area contributed by atoms with Gasteiger partial charge < -0.3 is 106 Å². The van der Waals surface area contributed by atoms with Crippen molar-refractivity contribution in [2.24, 2.45) is 0 Å². The molecule has 0 bridgehead atoms. The zero-order valence-electron chi connectivity index (χ0n) is 73.2. The lowest BCUT2D eigenvalue weighted by Crippen LogP contribution is -2.51. The minimum atomic E-state index is -2.16. The third-order valence-corrected chi connectivity index (χ3v) is 34.9. The van der Waals surface area contributed by atoms with E-state index in [-0.39, 0.29) is 60.2 Å². The first kappa shape index (κ1) is 118. The Bertz CT molecular complexity index is 2780. The van der Waals surface area contributed by atoms with Gasteiger partial charge in [-0.25, -0.2) is 0 Å². The van der Waals surface area contributed by atoms with E-state index in [4.69, 9.17) is 106 Å². The minimum Gasteiger partial charge on any atom is -0.493 e. The normalized spacial score (nSPS) is 13.0. The van der Waals surface area contributed by atoms with Gasteiger partial charge in [0.2, 0.25) is 0 Å². The van der Waals surface area contributed by atoms with E-state index >= 15 is 0 Å². The summed E-state index contributed by atoms with van der Waals surface area (Å²) in [5.74, 6) is 4.25. The molecule has 3 rings (SSSR count). The van der Waals surface area contributed by atoms with Crippen molar-refractivity contribution in [2.45, 2.75) is 243 Å². The number of ether oxygens (including phenoxy) is 19. The number of hydrogen-bond donors (Lipinski definition) is 0. The van der Waals surface area contributed by atoms with Crippen molar-refractivity contribution in [2.75, 3.05) is 181 Å². The van der Waals surface area contributed by atoms with E-state index in [0.717, 1.165) is 79.4 Å². The lowest BCUT2D eigenvalue weighted by Gasteiger charge is -2.37. The highest BCUT2D eigenvalue weighted by Gasteiger charge is 2.38. The zero-order valence-corrected chi connectivity index (χ0v) is 79.4. The topological polar surface area (TPSA) is 212 Å². The Morgan fingerprint density at radius 3 is 1.03 bits per heavy atom.